The molecule has 2 aromatic carbocycles. The lowest BCUT2D eigenvalue weighted by Gasteiger charge is -2.40. The van der Waals surface area contributed by atoms with Crippen molar-refractivity contribution in [1.29, 1.82) is 0 Å². The third-order valence-corrected chi connectivity index (χ3v) is 6.97. The molecule has 1 unspecified atom stereocenters. The Hall–Kier alpha value is -1.90. The Morgan fingerprint density at radius 2 is 1.81 bits per heavy atom. The summed E-state index contributed by atoms with van der Waals surface area (Å²) in [6, 6.07) is 15.9. The molecule has 1 aliphatic rings. The molecular formula is C25H32O6S. The van der Waals surface area contributed by atoms with Crippen molar-refractivity contribution in [3.05, 3.63) is 70.8 Å². The third-order valence-electron chi connectivity index (χ3n) is 6.12. The van der Waals surface area contributed by atoms with E-state index < -0.39 is 35.8 Å². The Morgan fingerprint density at radius 1 is 1.06 bits per heavy atom. The number of aliphatic carboxylic acids is 1. The van der Waals surface area contributed by atoms with Crippen LogP contribution < -0.4 is 0 Å². The Labute approximate surface area is 193 Å². The van der Waals surface area contributed by atoms with Crippen molar-refractivity contribution >= 4 is 17.7 Å². The number of carboxylic acids is 1. The maximum Gasteiger partial charge on any atom is 0.303 e. The summed E-state index contributed by atoms with van der Waals surface area (Å²) in [6.45, 7) is 2.11. The maximum atomic E-state index is 10.9. The van der Waals surface area contributed by atoms with Crippen molar-refractivity contribution in [1.82, 2.24) is 0 Å². The highest BCUT2D eigenvalue weighted by Crippen LogP contribution is 2.38. The number of carboxylic acid groups (broad SMARTS) is 1. The normalized spacial score (nSPS) is 26.6. The first-order valence-corrected chi connectivity index (χ1v) is 12.3. The van der Waals surface area contributed by atoms with Gasteiger partial charge in [-0.25, -0.2) is 0 Å². The van der Waals surface area contributed by atoms with Crippen LogP contribution in [0.5, 0.6) is 0 Å². The monoisotopic (exact) mass is 460 g/mol. The largest absolute Gasteiger partial charge is 0.481 e. The van der Waals surface area contributed by atoms with Crippen LogP contribution in [0.15, 0.2) is 48.5 Å². The minimum absolute atomic E-state index is 0.101. The smallest absolute Gasteiger partial charge is 0.303 e. The summed E-state index contributed by atoms with van der Waals surface area (Å²) in [6.07, 6.45) is -0.345. The van der Waals surface area contributed by atoms with Crippen LogP contribution in [0.3, 0.4) is 0 Å². The van der Waals surface area contributed by atoms with E-state index in [1.165, 1.54) is 17.3 Å². The highest BCUT2D eigenvalue weighted by Gasteiger charge is 2.44. The number of aliphatic hydroxyl groups excluding tert-OH is 3. The molecule has 1 heterocycles. The zero-order valence-corrected chi connectivity index (χ0v) is 19.2. The molecule has 0 amide bonds. The van der Waals surface area contributed by atoms with Crippen molar-refractivity contribution in [3.63, 3.8) is 0 Å². The molecule has 2 aromatic rings. The average Bonchev–Trinajstić information content (AvgIpc) is 2.79. The van der Waals surface area contributed by atoms with Gasteiger partial charge in [0.2, 0.25) is 0 Å². The van der Waals surface area contributed by atoms with Crippen molar-refractivity contribution in [3.8, 4) is 0 Å². The van der Waals surface area contributed by atoms with E-state index in [9.17, 15) is 20.1 Å². The molecule has 0 aliphatic carbocycles. The molecule has 6 nitrogen and oxygen atoms in total. The SMILES string of the molecule is CCC(c1cccc([C@@H]2O[C@H](SC)[C@@H](O)[C@H](O)[C@H]2O)c1)c1ccccc1CCCC(=O)O. The summed E-state index contributed by atoms with van der Waals surface area (Å²) in [5.41, 5.74) is 3.50. The number of thioether (sulfide) groups is 1. The molecule has 0 bridgehead atoms. The van der Waals surface area contributed by atoms with Crippen molar-refractivity contribution in [2.45, 2.75) is 68.4 Å². The van der Waals surface area contributed by atoms with E-state index >= 15 is 0 Å². The number of rotatable bonds is 9. The molecule has 32 heavy (non-hydrogen) atoms. The molecule has 0 aromatic heterocycles. The summed E-state index contributed by atoms with van der Waals surface area (Å²) >= 11 is 1.30. The number of ether oxygens (including phenoxy) is 1. The Morgan fingerprint density at radius 3 is 2.50 bits per heavy atom. The van der Waals surface area contributed by atoms with E-state index in [2.05, 4.69) is 19.1 Å². The number of hydrogen-bond donors (Lipinski definition) is 4. The van der Waals surface area contributed by atoms with E-state index in [1.807, 2.05) is 36.4 Å². The van der Waals surface area contributed by atoms with Crippen LogP contribution in [0.4, 0.5) is 0 Å². The first kappa shape index (κ1) is 24.7. The molecule has 6 atom stereocenters. The molecule has 7 heteroatoms. The lowest BCUT2D eigenvalue weighted by atomic mass is 9.83. The van der Waals surface area contributed by atoms with Gasteiger partial charge in [-0.15, -0.1) is 11.8 Å². The van der Waals surface area contributed by atoms with Crippen LogP contribution >= 0.6 is 11.8 Å². The molecule has 1 aliphatic heterocycles. The Bertz CT molecular complexity index is 902. The van der Waals surface area contributed by atoms with Crippen molar-refractivity contribution in [2.24, 2.45) is 0 Å². The van der Waals surface area contributed by atoms with Gasteiger partial charge in [-0.1, -0.05) is 55.5 Å². The summed E-state index contributed by atoms with van der Waals surface area (Å²) in [5, 5.41) is 40.0. The Kier molecular flexibility index (Phi) is 8.73. The molecule has 0 spiro atoms. The van der Waals surface area contributed by atoms with E-state index in [1.54, 1.807) is 6.26 Å². The highest BCUT2D eigenvalue weighted by atomic mass is 32.2. The van der Waals surface area contributed by atoms with E-state index in [0.717, 1.165) is 23.1 Å². The van der Waals surface area contributed by atoms with Crippen LogP contribution in [-0.4, -0.2) is 56.4 Å². The van der Waals surface area contributed by atoms with E-state index in [-0.39, 0.29) is 12.3 Å². The van der Waals surface area contributed by atoms with Crippen LogP contribution in [0.25, 0.3) is 0 Å². The summed E-state index contributed by atoms with van der Waals surface area (Å²) < 4.78 is 5.94. The van der Waals surface area contributed by atoms with Crippen LogP contribution in [0.1, 0.15) is 60.5 Å². The topological polar surface area (TPSA) is 107 Å². The zero-order valence-electron chi connectivity index (χ0n) is 18.4. The lowest BCUT2D eigenvalue weighted by molar-refractivity contribution is -0.200. The number of hydrogen-bond acceptors (Lipinski definition) is 6. The van der Waals surface area contributed by atoms with Gasteiger partial charge >= 0.3 is 5.97 Å². The molecular weight excluding hydrogens is 428 g/mol. The summed E-state index contributed by atoms with van der Waals surface area (Å²) in [7, 11) is 0. The van der Waals surface area contributed by atoms with Gasteiger partial charge in [-0.3, -0.25) is 4.79 Å². The quantitative estimate of drug-likeness (QED) is 0.454. The second kappa shape index (κ2) is 11.3. The zero-order chi connectivity index (χ0) is 23.3. The fourth-order valence-corrected chi connectivity index (χ4v) is 5.11. The fraction of sp³-hybridized carbons (Fsp3) is 0.480. The van der Waals surface area contributed by atoms with Gasteiger partial charge in [0, 0.05) is 12.3 Å². The first-order valence-electron chi connectivity index (χ1n) is 11.0. The molecule has 0 radical (unpaired) electrons. The summed E-state index contributed by atoms with van der Waals surface area (Å²) in [5.74, 6) is -0.687. The van der Waals surface area contributed by atoms with Crippen LogP contribution in [-0.2, 0) is 16.0 Å². The van der Waals surface area contributed by atoms with Crippen LogP contribution in [0, 0.1) is 0 Å². The van der Waals surface area contributed by atoms with Crippen LogP contribution in [0.2, 0.25) is 0 Å². The van der Waals surface area contributed by atoms with Gasteiger partial charge in [0.15, 0.2) is 0 Å². The van der Waals surface area contributed by atoms with Gasteiger partial charge in [-0.05, 0) is 47.8 Å². The average molecular weight is 461 g/mol. The molecule has 3 rings (SSSR count). The fourth-order valence-electron chi connectivity index (χ4n) is 4.44. The van der Waals surface area contributed by atoms with Gasteiger partial charge < -0.3 is 25.2 Å². The number of carbonyl (C=O) groups is 1. The summed E-state index contributed by atoms with van der Waals surface area (Å²) in [4.78, 5) is 10.9. The van der Waals surface area contributed by atoms with Gasteiger partial charge in [0.1, 0.15) is 29.9 Å². The van der Waals surface area contributed by atoms with Gasteiger partial charge in [0.05, 0.1) is 0 Å². The minimum atomic E-state index is -1.29. The number of aliphatic hydroxyl groups is 3. The van der Waals surface area contributed by atoms with E-state index in [4.69, 9.17) is 9.84 Å². The maximum absolute atomic E-state index is 10.9. The standard InChI is InChI=1S/C25H32O6S/c1-3-18(19-12-5-4-8-15(19)9-7-13-20(26)27)16-10-6-11-17(14-16)24-22(29)21(28)23(30)25(31-24)32-2/h4-6,8,10-12,14,18,21-25,28-30H,3,7,9,13H2,1-2H3,(H,26,27)/t18?,21-,22-,23+,24+,25-/m1/s1. The predicted molar refractivity (Wildman–Crippen MR) is 125 cm³/mol. The molecule has 1 fully saturated rings. The van der Waals surface area contributed by atoms with Gasteiger partial charge in [-0.2, -0.15) is 0 Å². The second-order valence-electron chi connectivity index (χ2n) is 8.21. The molecule has 4 N–H and O–H groups in total. The highest BCUT2D eigenvalue weighted by molar-refractivity contribution is 7.99. The van der Waals surface area contributed by atoms with Crippen molar-refractivity contribution < 1.29 is 30.0 Å². The second-order valence-corrected chi connectivity index (χ2v) is 9.15. The third kappa shape index (κ3) is 5.53. The Balaban J connectivity index is 1.89. The molecule has 1 saturated heterocycles. The van der Waals surface area contributed by atoms with E-state index in [0.29, 0.717) is 12.8 Å². The lowest BCUT2D eigenvalue weighted by Crippen LogP contribution is -2.52. The predicted octanol–water partition coefficient (Wildman–Crippen LogP) is 3.48. The number of benzene rings is 2. The molecule has 174 valence electrons. The van der Waals surface area contributed by atoms with Gasteiger partial charge in [0.25, 0.3) is 0 Å². The first-order chi connectivity index (χ1) is 15.4. The number of aryl methyl sites for hydroxylation is 1. The van der Waals surface area contributed by atoms with Crippen molar-refractivity contribution in [2.75, 3.05) is 6.26 Å². The minimum Gasteiger partial charge on any atom is -0.481 e. The molecule has 0 saturated carbocycles.